The predicted octanol–water partition coefficient (Wildman–Crippen LogP) is 0.489. The number of primary amides is 1. The number of amides is 3. The van der Waals surface area contributed by atoms with Gasteiger partial charge in [0.1, 0.15) is 11.7 Å². The minimum Gasteiger partial charge on any atom is -0.368 e. The minimum atomic E-state index is -0.609. The van der Waals surface area contributed by atoms with E-state index < -0.39 is 11.9 Å². The van der Waals surface area contributed by atoms with E-state index in [1.165, 1.54) is 18.6 Å². The molecule has 2 atom stereocenters. The molecule has 3 N–H and O–H groups in total. The molecule has 8 heteroatoms. The number of nitrogens with one attached hydrogen (secondary N) is 1. The second-order valence-corrected chi connectivity index (χ2v) is 6.31. The topological polar surface area (TPSA) is 118 Å². The fourth-order valence-corrected chi connectivity index (χ4v) is 3.17. The van der Waals surface area contributed by atoms with Crippen LogP contribution in [0.15, 0.2) is 18.6 Å². The van der Waals surface area contributed by atoms with E-state index in [0.717, 1.165) is 12.8 Å². The van der Waals surface area contributed by atoms with Crippen molar-refractivity contribution in [3.05, 3.63) is 24.3 Å². The van der Waals surface area contributed by atoms with Gasteiger partial charge in [0.05, 0.1) is 6.20 Å². The summed E-state index contributed by atoms with van der Waals surface area (Å²) in [6.45, 7) is 3.05. The first kappa shape index (κ1) is 18.8. The van der Waals surface area contributed by atoms with Gasteiger partial charge in [-0.3, -0.25) is 19.4 Å². The summed E-state index contributed by atoms with van der Waals surface area (Å²) in [6.07, 6.45) is 7.78. The summed E-state index contributed by atoms with van der Waals surface area (Å²) in [6, 6.07) is -0.609. The van der Waals surface area contributed by atoms with Gasteiger partial charge in [-0.25, -0.2) is 4.98 Å². The zero-order chi connectivity index (χ0) is 18.2. The Balaban J connectivity index is 1.81. The van der Waals surface area contributed by atoms with Crippen molar-refractivity contribution >= 4 is 17.7 Å². The third-order valence-corrected chi connectivity index (χ3v) is 4.38. The molecule has 2 heterocycles. The van der Waals surface area contributed by atoms with Gasteiger partial charge in [-0.2, -0.15) is 0 Å². The van der Waals surface area contributed by atoms with E-state index in [0.29, 0.717) is 38.3 Å². The highest BCUT2D eigenvalue weighted by molar-refractivity contribution is 5.91. The van der Waals surface area contributed by atoms with Crippen LogP contribution in [0.1, 0.15) is 49.5 Å². The summed E-state index contributed by atoms with van der Waals surface area (Å²) < 4.78 is 0. The highest BCUT2D eigenvalue weighted by Crippen LogP contribution is 2.25. The number of aromatic nitrogens is 2. The quantitative estimate of drug-likeness (QED) is 0.630. The molecular formula is C17H25N5O3. The molecule has 2 rings (SSSR count). The van der Waals surface area contributed by atoms with Crippen LogP contribution in [-0.4, -0.2) is 51.7 Å². The van der Waals surface area contributed by atoms with E-state index in [9.17, 15) is 14.4 Å². The zero-order valence-corrected chi connectivity index (χ0v) is 14.5. The molecule has 1 aliphatic heterocycles. The maximum Gasteiger partial charge on any atom is 0.271 e. The van der Waals surface area contributed by atoms with Crippen LogP contribution in [-0.2, 0) is 9.59 Å². The Morgan fingerprint density at radius 2 is 2.24 bits per heavy atom. The molecule has 1 aromatic rings. The molecule has 136 valence electrons. The lowest BCUT2D eigenvalue weighted by molar-refractivity contribution is -0.136. The minimum absolute atomic E-state index is 0.00848. The van der Waals surface area contributed by atoms with Crippen molar-refractivity contribution in [1.82, 2.24) is 20.2 Å². The molecule has 0 aromatic carbocycles. The largest absolute Gasteiger partial charge is 0.368 e. The van der Waals surface area contributed by atoms with Crippen molar-refractivity contribution in [2.45, 2.75) is 45.1 Å². The van der Waals surface area contributed by atoms with Crippen molar-refractivity contribution in [3.63, 3.8) is 0 Å². The lowest BCUT2D eigenvalue weighted by Gasteiger charge is -2.25. The lowest BCUT2D eigenvalue weighted by atomic mass is 10.0. The van der Waals surface area contributed by atoms with Gasteiger partial charge < -0.3 is 16.0 Å². The van der Waals surface area contributed by atoms with Crippen molar-refractivity contribution < 1.29 is 14.4 Å². The molecule has 0 radical (unpaired) electrons. The monoisotopic (exact) mass is 347 g/mol. The van der Waals surface area contributed by atoms with Crippen molar-refractivity contribution in [3.8, 4) is 0 Å². The van der Waals surface area contributed by atoms with E-state index in [4.69, 9.17) is 5.73 Å². The maximum absolute atomic E-state index is 12.2. The van der Waals surface area contributed by atoms with Gasteiger partial charge in [0.15, 0.2) is 0 Å². The van der Waals surface area contributed by atoms with Gasteiger partial charge in [-0.05, 0) is 25.2 Å². The van der Waals surface area contributed by atoms with E-state index in [1.807, 2.05) is 0 Å². The number of nitrogens with two attached hydrogens (primary N) is 1. The molecule has 0 bridgehead atoms. The smallest absolute Gasteiger partial charge is 0.271 e. The summed E-state index contributed by atoms with van der Waals surface area (Å²) >= 11 is 0. The number of hydrogen-bond donors (Lipinski definition) is 2. The molecule has 1 saturated heterocycles. The van der Waals surface area contributed by atoms with Gasteiger partial charge in [0, 0.05) is 31.9 Å². The average molecular weight is 347 g/mol. The van der Waals surface area contributed by atoms with Crippen molar-refractivity contribution in [2.75, 3.05) is 13.1 Å². The van der Waals surface area contributed by atoms with E-state index in [2.05, 4.69) is 22.2 Å². The number of rotatable bonds is 9. The van der Waals surface area contributed by atoms with Crippen LogP contribution < -0.4 is 11.1 Å². The molecule has 2 unspecified atom stereocenters. The third kappa shape index (κ3) is 5.23. The molecule has 25 heavy (non-hydrogen) atoms. The third-order valence-electron chi connectivity index (χ3n) is 4.38. The number of hydrogen-bond acceptors (Lipinski definition) is 5. The number of nitrogens with zero attached hydrogens (tertiary/aromatic N) is 3. The molecule has 0 aliphatic carbocycles. The molecule has 0 saturated carbocycles. The molecule has 0 spiro atoms. The maximum atomic E-state index is 12.2. The van der Waals surface area contributed by atoms with Crippen LogP contribution in [0, 0.1) is 5.92 Å². The van der Waals surface area contributed by atoms with E-state index in [1.54, 1.807) is 4.90 Å². The van der Waals surface area contributed by atoms with Crippen LogP contribution in [0.2, 0.25) is 0 Å². The molecule has 8 nitrogen and oxygen atoms in total. The van der Waals surface area contributed by atoms with Crippen LogP contribution in [0.5, 0.6) is 0 Å². The van der Waals surface area contributed by atoms with E-state index in [-0.39, 0.29) is 17.5 Å². The first-order valence-corrected chi connectivity index (χ1v) is 8.66. The van der Waals surface area contributed by atoms with Crippen molar-refractivity contribution in [2.24, 2.45) is 11.7 Å². The highest BCUT2D eigenvalue weighted by atomic mass is 16.2. The number of carbonyl (C=O) groups excluding carboxylic acids is 3. The van der Waals surface area contributed by atoms with Gasteiger partial charge in [-0.1, -0.05) is 13.3 Å². The molecule has 1 aromatic heterocycles. The molecule has 3 amide bonds. The Bertz CT molecular complexity index is 608. The number of likely N-dealkylation sites (tertiary alicyclic amines) is 1. The average Bonchev–Trinajstić information content (AvgIpc) is 2.95. The SMILES string of the molecule is CCCC1CC(=O)N(C(CCCNC(=O)c2cnccn2)C(N)=O)C1. The lowest BCUT2D eigenvalue weighted by Crippen LogP contribution is -2.46. The zero-order valence-electron chi connectivity index (χ0n) is 14.5. The Hall–Kier alpha value is -2.51. The molecular weight excluding hydrogens is 322 g/mol. The Labute approximate surface area is 147 Å². The Morgan fingerprint density at radius 1 is 1.44 bits per heavy atom. The summed E-state index contributed by atoms with van der Waals surface area (Å²) in [5, 5.41) is 2.73. The van der Waals surface area contributed by atoms with Crippen molar-refractivity contribution in [1.29, 1.82) is 0 Å². The van der Waals surface area contributed by atoms with Gasteiger partial charge in [0.25, 0.3) is 5.91 Å². The first-order chi connectivity index (χ1) is 12.0. The van der Waals surface area contributed by atoms with Crippen LogP contribution in [0.4, 0.5) is 0 Å². The normalized spacial score (nSPS) is 18.2. The highest BCUT2D eigenvalue weighted by Gasteiger charge is 2.35. The summed E-state index contributed by atoms with van der Waals surface area (Å²) in [7, 11) is 0. The van der Waals surface area contributed by atoms with Crippen LogP contribution >= 0.6 is 0 Å². The second kappa shape index (κ2) is 9.10. The Morgan fingerprint density at radius 3 is 2.88 bits per heavy atom. The van der Waals surface area contributed by atoms with Gasteiger partial charge in [0.2, 0.25) is 11.8 Å². The standard InChI is InChI=1S/C17H25N5O3/c1-2-4-12-9-15(23)22(11-12)14(16(18)24)5-3-6-21-17(25)13-10-19-7-8-20-13/h7-8,10,12,14H,2-6,9,11H2,1H3,(H2,18,24)(H,21,25). The predicted molar refractivity (Wildman–Crippen MR) is 91.3 cm³/mol. The van der Waals surface area contributed by atoms with Crippen LogP contribution in [0.3, 0.4) is 0 Å². The first-order valence-electron chi connectivity index (χ1n) is 8.66. The number of carbonyl (C=O) groups is 3. The van der Waals surface area contributed by atoms with Crippen LogP contribution in [0.25, 0.3) is 0 Å². The molecule has 1 fully saturated rings. The van der Waals surface area contributed by atoms with Gasteiger partial charge >= 0.3 is 0 Å². The van der Waals surface area contributed by atoms with Gasteiger partial charge in [-0.15, -0.1) is 0 Å². The summed E-state index contributed by atoms with van der Waals surface area (Å²) in [5.74, 6) is -0.517. The Kier molecular flexibility index (Phi) is 6.85. The summed E-state index contributed by atoms with van der Waals surface area (Å²) in [5.41, 5.74) is 5.73. The molecule has 1 aliphatic rings. The fourth-order valence-electron chi connectivity index (χ4n) is 3.17. The summed E-state index contributed by atoms with van der Waals surface area (Å²) in [4.78, 5) is 45.2. The fraction of sp³-hybridized carbons (Fsp3) is 0.588. The van der Waals surface area contributed by atoms with E-state index >= 15 is 0 Å². The second-order valence-electron chi connectivity index (χ2n) is 6.31.